The Morgan fingerprint density at radius 2 is 2.24 bits per heavy atom. The van der Waals surface area contributed by atoms with Gasteiger partial charge < -0.3 is 9.51 Å². The standard InChI is InChI=1S/C12H13ClN2O2/c1-7-5-9(13)12-14-8(2)10(15(12)6-7)3-4-11(16)17/h5-6H,3-4H2,1-2H3,(H,16,17). The second kappa shape index (κ2) is 4.37. The zero-order valence-electron chi connectivity index (χ0n) is 9.70. The molecule has 17 heavy (non-hydrogen) atoms. The van der Waals surface area contributed by atoms with E-state index >= 15 is 0 Å². The largest absolute Gasteiger partial charge is 0.481 e. The van der Waals surface area contributed by atoms with Crippen molar-refractivity contribution in [3.05, 3.63) is 34.2 Å². The first-order valence-electron chi connectivity index (χ1n) is 5.34. The number of aliphatic carboxylic acids is 1. The van der Waals surface area contributed by atoms with Crippen LogP contribution in [-0.4, -0.2) is 20.5 Å². The number of halogens is 1. The number of carboxylic acids is 1. The molecule has 1 N–H and O–H groups in total. The van der Waals surface area contributed by atoms with Gasteiger partial charge in [0.15, 0.2) is 5.65 Å². The Morgan fingerprint density at radius 1 is 1.53 bits per heavy atom. The van der Waals surface area contributed by atoms with Gasteiger partial charge in [0.05, 0.1) is 17.1 Å². The zero-order chi connectivity index (χ0) is 12.6. The Kier molecular flexibility index (Phi) is 3.07. The molecule has 0 bridgehead atoms. The lowest BCUT2D eigenvalue weighted by Crippen LogP contribution is -2.01. The number of hydrogen-bond donors (Lipinski definition) is 1. The topological polar surface area (TPSA) is 54.6 Å². The number of carboxylic acid groups (broad SMARTS) is 1. The van der Waals surface area contributed by atoms with Gasteiger partial charge >= 0.3 is 5.97 Å². The predicted octanol–water partition coefficient (Wildman–Crippen LogP) is 2.62. The van der Waals surface area contributed by atoms with E-state index in [1.54, 1.807) is 0 Å². The lowest BCUT2D eigenvalue weighted by atomic mass is 10.2. The van der Waals surface area contributed by atoms with Crippen LogP contribution in [0, 0.1) is 13.8 Å². The van der Waals surface area contributed by atoms with Crippen LogP contribution >= 0.6 is 11.6 Å². The van der Waals surface area contributed by atoms with Gasteiger partial charge in [-0.25, -0.2) is 4.98 Å². The van der Waals surface area contributed by atoms with Gasteiger partial charge in [-0.15, -0.1) is 0 Å². The maximum atomic E-state index is 10.6. The molecule has 0 saturated carbocycles. The highest BCUT2D eigenvalue weighted by Crippen LogP contribution is 2.22. The number of aromatic nitrogens is 2. The number of imidazole rings is 1. The van der Waals surface area contributed by atoms with Gasteiger partial charge in [0, 0.05) is 18.3 Å². The molecule has 0 radical (unpaired) electrons. The molecule has 0 saturated heterocycles. The van der Waals surface area contributed by atoms with Crippen molar-refractivity contribution < 1.29 is 9.90 Å². The van der Waals surface area contributed by atoms with E-state index < -0.39 is 5.97 Å². The summed E-state index contributed by atoms with van der Waals surface area (Å²) in [6.45, 7) is 3.82. The molecule has 0 spiro atoms. The summed E-state index contributed by atoms with van der Waals surface area (Å²) < 4.78 is 1.88. The van der Waals surface area contributed by atoms with Gasteiger partial charge in [0.1, 0.15) is 0 Å². The summed E-state index contributed by atoms with van der Waals surface area (Å²) in [5.41, 5.74) is 3.46. The van der Waals surface area contributed by atoms with Crippen molar-refractivity contribution in [3.63, 3.8) is 0 Å². The predicted molar refractivity (Wildman–Crippen MR) is 65.6 cm³/mol. The molecule has 90 valence electrons. The maximum absolute atomic E-state index is 10.6. The molecule has 0 fully saturated rings. The van der Waals surface area contributed by atoms with Crippen LogP contribution in [0.5, 0.6) is 0 Å². The smallest absolute Gasteiger partial charge is 0.303 e. The van der Waals surface area contributed by atoms with Crippen LogP contribution in [-0.2, 0) is 11.2 Å². The average Bonchev–Trinajstić information content (AvgIpc) is 2.52. The van der Waals surface area contributed by atoms with Crippen molar-refractivity contribution in [1.29, 1.82) is 0 Å². The number of carbonyl (C=O) groups is 1. The molecule has 0 unspecified atom stereocenters. The van der Waals surface area contributed by atoms with E-state index in [0.29, 0.717) is 17.1 Å². The fourth-order valence-electron chi connectivity index (χ4n) is 1.92. The Balaban J connectivity index is 2.54. The van der Waals surface area contributed by atoms with Crippen LogP contribution in [0.2, 0.25) is 5.02 Å². The van der Waals surface area contributed by atoms with Crippen molar-refractivity contribution >= 4 is 23.2 Å². The van der Waals surface area contributed by atoms with E-state index in [4.69, 9.17) is 16.7 Å². The van der Waals surface area contributed by atoms with Crippen LogP contribution in [0.4, 0.5) is 0 Å². The quantitative estimate of drug-likeness (QED) is 0.914. The highest BCUT2D eigenvalue weighted by atomic mass is 35.5. The van der Waals surface area contributed by atoms with Crippen LogP contribution in [0.15, 0.2) is 12.3 Å². The minimum absolute atomic E-state index is 0.0974. The Bertz CT molecular complexity index is 590. The van der Waals surface area contributed by atoms with Gasteiger partial charge in [-0.05, 0) is 25.5 Å². The Hall–Kier alpha value is -1.55. The number of pyridine rings is 1. The maximum Gasteiger partial charge on any atom is 0.303 e. The highest BCUT2D eigenvalue weighted by molar-refractivity contribution is 6.33. The van der Waals surface area contributed by atoms with Gasteiger partial charge in [0.2, 0.25) is 0 Å². The molecule has 2 aromatic rings. The molecule has 2 aromatic heterocycles. The fourth-order valence-corrected chi connectivity index (χ4v) is 2.22. The fraction of sp³-hybridized carbons (Fsp3) is 0.333. The summed E-state index contributed by atoms with van der Waals surface area (Å²) in [4.78, 5) is 15.0. The summed E-state index contributed by atoms with van der Waals surface area (Å²) in [7, 11) is 0. The minimum Gasteiger partial charge on any atom is -0.481 e. The molecule has 0 aliphatic rings. The van der Waals surface area contributed by atoms with E-state index in [9.17, 15) is 4.79 Å². The number of nitrogens with zero attached hydrogens (tertiary/aromatic N) is 2. The summed E-state index contributed by atoms with van der Waals surface area (Å²) in [6.07, 6.45) is 2.49. The van der Waals surface area contributed by atoms with Crippen LogP contribution < -0.4 is 0 Å². The normalized spacial score (nSPS) is 11.0. The molecule has 0 atom stereocenters. The first-order valence-corrected chi connectivity index (χ1v) is 5.72. The molecule has 0 aromatic carbocycles. The summed E-state index contributed by atoms with van der Waals surface area (Å²) in [6, 6.07) is 1.85. The van der Waals surface area contributed by atoms with Crippen LogP contribution in [0.1, 0.15) is 23.4 Å². The highest BCUT2D eigenvalue weighted by Gasteiger charge is 2.12. The van der Waals surface area contributed by atoms with E-state index in [1.165, 1.54) is 0 Å². The molecular formula is C12H13ClN2O2. The molecule has 0 aliphatic heterocycles. The minimum atomic E-state index is -0.807. The number of aryl methyl sites for hydroxylation is 3. The number of hydrogen-bond acceptors (Lipinski definition) is 2. The molecule has 0 amide bonds. The SMILES string of the molecule is Cc1cc(Cl)c2nc(C)c(CCC(=O)O)n2c1. The van der Waals surface area contributed by atoms with Crippen molar-refractivity contribution in [3.8, 4) is 0 Å². The lowest BCUT2D eigenvalue weighted by Gasteiger charge is -2.03. The lowest BCUT2D eigenvalue weighted by molar-refractivity contribution is -0.136. The second-order valence-electron chi connectivity index (χ2n) is 4.10. The second-order valence-corrected chi connectivity index (χ2v) is 4.50. The number of fused-ring (bicyclic) bond motifs is 1. The number of rotatable bonds is 3. The van der Waals surface area contributed by atoms with E-state index in [0.717, 1.165) is 17.0 Å². The van der Waals surface area contributed by atoms with Gasteiger partial charge in [-0.1, -0.05) is 11.6 Å². The first-order chi connectivity index (χ1) is 7.99. The summed E-state index contributed by atoms with van der Waals surface area (Å²) in [5.74, 6) is -0.807. The molecular weight excluding hydrogens is 240 g/mol. The van der Waals surface area contributed by atoms with Crippen molar-refractivity contribution in [2.45, 2.75) is 26.7 Å². The van der Waals surface area contributed by atoms with E-state index in [-0.39, 0.29) is 6.42 Å². The van der Waals surface area contributed by atoms with Gasteiger partial charge in [-0.2, -0.15) is 0 Å². The van der Waals surface area contributed by atoms with E-state index in [1.807, 2.05) is 30.5 Å². The van der Waals surface area contributed by atoms with Gasteiger partial charge in [-0.3, -0.25) is 4.79 Å². The van der Waals surface area contributed by atoms with Gasteiger partial charge in [0.25, 0.3) is 0 Å². The summed E-state index contributed by atoms with van der Waals surface area (Å²) >= 11 is 6.11. The third-order valence-electron chi connectivity index (χ3n) is 2.69. The molecule has 4 nitrogen and oxygen atoms in total. The Labute approximate surface area is 104 Å². The van der Waals surface area contributed by atoms with E-state index in [2.05, 4.69) is 4.98 Å². The van der Waals surface area contributed by atoms with Crippen LogP contribution in [0.25, 0.3) is 5.65 Å². The molecule has 5 heteroatoms. The third kappa shape index (κ3) is 2.26. The zero-order valence-corrected chi connectivity index (χ0v) is 10.5. The van der Waals surface area contributed by atoms with Crippen molar-refractivity contribution in [1.82, 2.24) is 9.38 Å². The molecule has 2 heterocycles. The van der Waals surface area contributed by atoms with Crippen LogP contribution in [0.3, 0.4) is 0 Å². The average molecular weight is 253 g/mol. The Morgan fingerprint density at radius 3 is 2.88 bits per heavy atom. The molecule has 2 rings (SSSR count). The van der Waals surface area contributed by atoms with Crippen molar-refractivity contribution in [2.75, 3.05) is 0 Å². The third-order valence-corrected chi connectivity index (χ3v) is 2.96. The monoisotopic (exact) mass is 252 g/mol. The first kappa shape index (κ1) is 11.9. The summed E-state index contributed by atoms with van der Waals surface area (Å²) in [5, 5.41) is 9.32. The van der Waals surface area contributed by atoms with Crippen molar-refractivity contribution in [2.24, 2.45) is 0 Å². The molecule has 0 aliphatic carbocycles.